The summed E-state index contributed by atoms with van der Waals surface area (Å²) in [6.07, 6.45) is 1.83. The van der Waals surface area contributed by atoms with Crippen molar-refractivity contribution in [3.05, 3.63) is 17.5 Å². The summed E-state index contributed by atoms with van der Waals surface area (Å²) < 4.78 is 4.89. The molecule has 0 aromatic carbocycles. The SMILES string of the molecule is CCC(CC)c1cc(C(=O)NCC(=O)O)on1. The minimum Gasteiger partial charge on any atom is -0.480 e. The predicted molar refractivity (Wildman–Crippen MR) is 59.8 cm³/mol. The average Bonchev–Trinajstić information content (AvgIpc) is 2.77. The van der Waals surface area contributed by atoms with E-state index in [1.807, 2.05) is 13.8 Å². The molecular weight excluding hydrogens is 224 g/mol. The van der Waals surface area contributed by atoms with Crippen molar-refractivity contribution in [3.8, 4) is 0 Å². The van der Waals surface area contributed by atoms with E-state index in [0.29, 0.717) is 0 Å². The molecule has 0 unspecified atom stereocenters. The third-order valence-electron chi connectivity index (χ3n) is 2.56. The van der Waals surface area contributed by atoms with Crippen molar-refractivity contribution in [3.63, 3.8) is 0 Å². The molecule has 0 saturated carbocycles. The number of nitrogens with zero attached hydrogens (tertiary/aromatic N) is 1. The number of aromatic nitrogens is 1. The highest BCUT2D eigenvalue weighted by molar-refractivity contribution is 5.93. The van der Waals surface area contributed by atoms with Crippen LogP contribution in [0.1, 0.15) is 48.9 Å². The highest BCUT2D eigenvalue weighted by atomic mass is 16.5. The Morgan fingerprint density at radius 3 is 2.65 bits per heavy atom. The molecule has 0 fully saturated rings. The molecule has 1 aromatic heterocycles. The van der Waals surface area contributed by atoms with Gasteiger partial charge in [-0.1, -0.05) is 19.0 Å². The van der Waals surface area contributed by atoms with Crippen LogP contribution in [0.5, 0.6) is 0 Å². The number of hydrogen-bond donors (Lipinski definition) is 2. The summed E-state index contributed by atoms with van der Waals surface area (Å²) in [4.78, 5) is 21.7. The van der Waals surface area contributed by atoms with E-state index in [0.717, 1.165) is 18.5 Å². The molecule has 1 heterocycles. The molecule has 0 bridgehead atoms. The fraction of sp³-hybridized carbons (Fsp3) is 0.545. The summed E-state index contributed by atoms with van der Waals surface area (Å²) >= 11 is 0. The Kier molecular flexibility index (Phi) is 4.68. The lowest BCUT2D eigenvalue weighted by Crippen LogP contribution is -2.28. The second-order valence-corrected chi connectivity index (χ2v) is 3.71. The second kappa shape index (κ2) is 6.03. The Balaban J connectivity index is 2.67. The van der Waals surface area contributed by atoms with Gasteiger partial charge in [0.05, 0.1) is 5.69 Å². The molecule has 6 nitrogen and oxygen atoms in total. The molecule has 2 N–H and O–H groups in total. The number of aliphatic carboxylic acids is 1. The van der Waals surface area contributed by atoms with Gasteiger partial charge in [0, 0.05) is 12.0 Å². The smallest absolute Gasteiger partial charge is 0.322 e. The maximum Gasteiger partial charge on any atom is 0.322 e. The molecular formula is C11H16N2O4. The Morgan fingerprint density at radius 1 is 1.47 bits per heavy atom. The van der Waals surface area contributed by atoms with E-state index in [-0.39, 0.29) is 11.7 Å². The summed E-state index contributed by atoms with van der Waals surface area (Å²) in [5.74, 6) is -1.34. The molecule has 1 aromatic rings. The largest absolute Gasteiger partial charge is 0.480 e. The summed E-state index contributed by atoms with van der Waals surface area (Å²) in [5, 5.41) is 14.5. The van der Waals surface area contributed by atoms with Crippen LogP contribution in [-0.4, -0.2) is 28.7 Å². The zero-order chi connectivity index (χ0) is 12.8. The monoisotopic (exact) mass is 240 g/mol. The molecule has 0 spiro atoms. The van der Waals surface area contributed by atoms with Gasteiger partial charge >= 0.3 is 5.97 Å². The normalized spacial score (nSPS) is 10.5. The van der Waals surface area contributed by atoms with Crippen LogP contribution in [0.2, 0.25) is 0 Å². The van der Waals surface area contributed by atoms with Gasteiger partial charge in [-0.25, -0.2) is 0 Å². The zero-order valence-corrected chi connectivity index (χ0v) is 9.90. The van der Waals surface area contributed by atoms with Crippen LogP contribution in [0, 0.1) is 0 Å². The first-order valence-corrected chi connectivity index (χ1v) is 5.55. The number of carboxylic acid groups (broad SMARTS) is 1. The number of amides is 1. The van der Waals surface area contributed by atoms with Crippen LogP contribution in [0.25, 0.3) is 0 Å². The first-order chi connectivity index (χ1) is 8.08. The molecule has 0 atom stereocenters. The Labute approximate surface area is 99.0 Å². The number of hydrogen-bond acceptors (Lipinski definition) is 4. The molecule has 6 heteroatoms. The van der Waals surface area contributed by atoms with Crippen LogP contribution in [0.4, 0.5) is 0 Å². The fourth-order valence-corrected chi connectivity index (χ4v) is 1.54. The van der Waals surface area contributed by atoms with E-state index in [9.17, 15) is 9.59 Å². The molecule has 1 rings (SSSR count). The average molecular weight is 240 g/mol. The molecule has 0 aliphatic rings. The molecule has 0 saturated heterocycles. The number of carbonyl (C=O) groups is 2. The number of nitrogens with one attached hydrogen (secondary N) is 1. The second-order valence-electron chi connectivity index (χ2n) is 3.71. The summed E-state index contributed by atoms with van der Waals surface area (Å²) in [6, 6.07) is 1.56. The number of rotatable bonds is 6. The summed E-state index contributed by atoms with van der Waals surface area (Å²) in [6.45, 7) is 3.64. The van der Waals surface area contributed by atoms with Gasteiger partial charge in [0.1, 0.15) is 6.54 Å². The maximum atomic E-state index is 11.5. The highest BCUT2D eigenvalue weighted by Gasteiger charge is 2.17. The molecule has 0 aliphatic heterocycles. The van der Waals surface area contributed by atoms with Crippen LogP contribution in [0.15, 0.2) is 10.6 Å². The van der Waals surface area contributed by atoms with Gasteiger partial charge in [-0.2, -0.15) is 0 Å². The minimum atomic E-state index is -1.10. The zero-order valence-electron chi connectivity index (χ0n) is 9.90. The van der Waals surface area contributed by atoms with Crippen molar-refractivity contribution in [2.45, 2.75) is 32.6 Å². The first kappa shape index (κ1) is 13.2. The molecule has 0 radical (unpaired) electrons. The van der Waals surface area contributed by atoms with Crippen LogP contribution in [-0.2, 0) is 4.79 Å². The molecule has 0 aliphatic carbocycles. The molecule has 17 heavy (non-hydrogen) atoms. The maximum absolute atomic E-state index is 11.5. The summed E-state index contributed by atoms with van der Waals surface area (Å²) in [5.41, 5.74) is 0.732. The van der Waals surface area contributed by atoms with Gasteiger partial charge in [-0.3, -0.25) is 9.59 Å². The van der Waals surface area contributed by atoms with Crippen molar-refractivity contribution in [2.75, 3.05) is 6.54 Å². The van der Waals surface area contributed by atoms with Gasteiger partial charge in [-0.15, -0.1) is 0 Å². The van der Waals surface area contributed by atoms with E-state index in [1.54, 1.807) is 6.07 Å². The lowest BCUT2D eigenvalue weighted by Gasteiger charge is -2.05. The third-order valence-corrected chi connectivity index (χ3v) is 2.56. The molecule has 94 valence electrons. The first-order valence-electron chi connectivity index (χ1n) is 5.55. The minimum absolute atomic E-state index is 0.0492. The topological polar surface area (TPSA) is 92.4 Å². The van der Waals surface area contributed by atoms with E-state index in [4.69, 9.17) is 9.63 Å². The Hall–Kier alpha value is -1.85. The van der Waals surface area contributed by atoms with Gasteiger partial charge in [0.15, 0.2) is 0 Å². The number of carbonyl (C=O) groups excluding carboxylic acids is 1. The van der Waals surface area contributed by atoms with Crippen molar-refractivity contribution in [1.82, 2.24) is 10.5 Å². The standard InChI is InChI=1S/C11H16N2O4/c1-3-7(4-2)8-5-9(17-13-8)11(16)12-6-10(14)15/h5,7H,3-4,6H2,1-2H3,(H,12,16)(H,14,15). The van der Waals surface area contributed by atoms with Gasteiger partial charge in [0.2, 0.25) is 5.76 Å². The third kappa shape index (κ3) is 3.58. The predicted octanol–water partition coefficient (Wildman–Crippen LogP) is 1.39. The van der Waals surface area contributed by atoms with E-state index in [2.05, 4.69) is 10.5 Å². The van der Waals surface area contributed by atoms with Crippen molar-refractivity contribution in [1.29, 1.82) is 0 Å². The lowest BCUT2D eigenvalue weighted by atomic mass is 9.99. The van der Waals surface area contributed by atoms with E-state index in [1.165, 1.54) is 0 Å². The highest BCUT2D eigenvalue weighted by Crippen LogP contribution is 2.22. The quantitative estimate of drug-likeness (QED) is 0.783. The van der Waals surface area contributed by atoms with Crippen LogP contribution >= 0.6 is 0 Å². The summed E-state index contributed by atoms with van der Waals surface area (Å²) in [7, 11) is 0. The Morgan fingerprint density at radius 2 is 2.12 bits per heavy atom. The van der Waals surface area contributed by atoms with Crippen molar-refractivity contribution < 1.29 is 19.2 Å². The van der Waals surface area contributed by atoms with Crippen molar-refractivity contribution in [2.24, 2.45) is 0 Å². The van der Waals surface area contributed by atoms with Gasteiger partial charge < -0.3 is 14.9 Å². The Bertz CT molecular complexity index is 396. The lowest BCUT2D eigenvalue weighted by molar-refractivity contribution is -0.135. The van der Waals surface area contributed by atoms with Gasteiger partial charge in [-0.05, 0) is 12.8 Å². The number of carboxylic acids is 1. The molecule has 1 amide bonds. The van der Waals surface area contributed by atoms with Gasteiger partial charge in [0.25, 0.3) is 5.91 Å². The van der Waals surface area contributed by atoms with Crippen LogP contribution in [0.3, 0.4) is 0 Å². The fourth-order valence-electron chi connectivity index (χ4n) is 1.54. The van der Waals surface area contributed by atoms with E-state index < -0.39 is 18.4 Å². The van der Waals surface area contributed by atoms with E-state index >= 15 is 0 Å². The van der Waals surface area contributed by atoms with Crippen molar-refractivity contribution >= 4 is 11.9 Å². The van der Waals surface area contributed by atoms with Crippen LogP contribution < -0.4 is 5.32 Å².